The quantitative estimate of drug-likeness (QED) is 0.726. The molecule has 0 radical (unpaired) electrons. The van der Waals surface area contributed by atoms with Gasteiger partial charge in [0.15, 0.2) is 0 Å². The summed E-state index contributed by atoms with van der Waals surface area (Å²) in [6, 6.07) is 3.06. The molecule has 0 amide bonds. The maximum Gasteiger partial charge on any atom is 0.339 e. The average Bonchev–Trinajstić information content (AvgIpc) is 2.37. The van der Waals surface area contributed by atoms with Gasteiger partial charge < -0.3 is 10.0 Å². The van der Waals surface area contributed by atoms with Crippen LogP contribution in [0, 0.1) is 11.8 Å². The summed E-state index contributed by atoms with van der Waals surface area (Å²) in [5.41, 5.74) is 0.215. The normalized spacial score (nSPS) is 11.2. The highest BCUT2D eigenvalue weighted by atomic mass is 35.5. The van der Waals surface area contributed by atoms with Crippen LogP contribution < -0.4 is 4.90 Å². The third-order valence-electron chi connectivity index (χ3n) is 3.32. The van der Waals surface area contributed by atoms with E-state index in [0.717, 1.165) is 25.9 Å². The molecule has 0 atom stereocenters. The Morgan fingerprint density at radius 3 is 2.14 bits per heavy atom. The molecule has 1 aromatic rings. The van der Waals surface area contributed by atoms with Gasteiger partial charge in [-0.1, -0.05) is 39.3 Å². The highest BCUT2D eigenvalue weighted by molar-refractivity contribution is 6.29. The van der Waals surface area contributed by atoms with Gasteiger partial charge in [0.25, 0.3) is 0 Å². The molecule has 1 rings (SSSR count). The Bertz CT molecular complexity index is 463. The summed E-state index contributed by atoms with van der Waals surface area (Å²) in [5.74, 6) is 0.627. The largest absolute Gasteiger partial charge is 0.478 e. The molecule has 1 heterocycles. The molecule has 0 aliphatic carbocycles. The van der Waals surface area contributed by atoms with E-state index < -0.39 is 5.97 Å². The lowest BCUT2D eigenvalue weighted by Crippen LogP contribution is -2.30. The number of nitrogens with zero attached hydrogens (tertiary/aromatic N) is 2. The van der Waals surface area contributed by atoms with Crippen molar-refractivity contribution in [1.82, 2.24) is 4.98 Å². The number of hydrogen-bond donors (Lipinski definition) is 1. The monoisotopic (exact) mass is 312 g/mol. The van der Waals surface area contributed by atoms with Gasteiger partial charge in [-0.3, -0.25) is 0 Å². The molecular formula is C16H25ClN2O2. The van der Waals surface area contributed by atoms with Gasteiger partial charge in [-0.05, 0) is 36.8 Å². The summed E-state index contributed by atoms with van der Waals surface area (Å²) < 4.78 is 0. The second-order valence-electron chi connectivity index (χ2n) is 6.16. The van der Waals surface area contributed by atoms with E-state index in [1.54, 1.807) is 0 Å². The van der Waals surface area contributed by atoms with Gasteiger partial charge in [-0.2, -0.15) is 0 Å². The van der Waals surface area contributed by atoms with E-state index in [2.05, 4.69) is 37.6 Å². The fourth-order valence-electron chi connectivity index (χ4n) is 1.98. The second-order valence-corrected chi connectivity index (χ2v) is 6.55. The number of pyridine rings is 1. The first kappa shape index (κ1) is 17.8. The molecule has 118 valence electrons. The molecule has 0 spiro atoms. The van der Waals surface area contributed by atoms with Crippen molar-refractivity contribution in [3.63, 3.8) is 0 Å². The van der Waals surface area contributed by atoms with E-state index in [4.69, 9.17) is 11.6 Å². The highest BCUT2D eigenvalue weighted by Gasteiger charge is 2.18. The minimum Gasteiger partial charge on any atom is -0.478 e. The van der Waals surface area contributed by atoms with Crippen molar-refractivity contribution in [2.75, 3.05) is 18.0 Å². The molecule has 0 unspecified atom stereocenters. The lowest BCUT2D eigenvalue weighted by molar-refractivity contribution is 0.0697. The van der Waals surface area contributed by atoms with E-state index >= 15 is 0 Å². The Morgan fingerprint density at radius 1 is 1.19 bits per heavy atom. The van der Waals surface area contributed by atoms with Gasteiger partial charge in [-0.15, -0.1) is 0 Å². The van der Waals surface area contributed by atoms with Gasteiger partial charge in [0.1, 0.15) is 16.5 Å². The molecular weight excluding hydrogens is 288 g/mol. The number of carbonyl (C=O) groups is 1. The van der Waals surface area contributed by atoms with Crippen LogP contribution in [0.1, 0.15) is 50.9 Å². The second kappa shape index (κ2) is 8.23. The summed E-state index contributed by atoms with van der Waals surface area (Å²) in [4.78, 5) is 17.7. The maximum absolute atomic E-state index is 11.4. The van der Waals surface area contributed by atoms with Crippen LogP contribution >= 0.6 is 11.6 Å². The molecule has 4 nitrogen and oxygen atoms in total. The van der Waals surface area contributed by atoms with Crippen LogP contribution in [0.15, 0.2) is 12.1 Å². The number of carboxylic acids is 1. The zero-order chi connectivity index (χ0) is 16.0. The molecule has 5 heteroatoms. The van der Waals surface area contributed by atoms with Crippen molar-refractivity contribution in [3.05, 3.63) is 22.8 Å². The van der Waals surface area contributed by atoms with Crippen molar-refractivity contribution < 1.29 is 9.90 Å². The Kier molecular flexibility index (Phi) is 6.96. The summed E-state index contributed by atoms with van der Waals surface area (Å²) in [6.07, 6.45) is 1.98. The van der Waals surface area contributed by atoms with Gasteiger partial charge in [0.05, 0.1) is 0 Å². The Labute approximate surface area is 132 Å². The van der Waals surface area contributed by atoms with Crippen LogP contribution in [0.3, 0.4) is 0 Å². The number of hydrogen-bond acceptors (Lipinski definition) is 3. The molecule has 0 aliphatic rings. The number of rotatable bonds is 8. The van der Waals surface area contributed by atoms with Crippen LogP contribution in [0.2, 0.25) is 5.15 Å². The Morgan fingerprint density at radius 2 is 1.71 bits per heavy atom. The molecule has 0 aliphatic heterocycles. The van der Waals surface area contributed by atoms with Crippen molar-refractivity contribution in [1.29, 1.82) is 0 Å². The smallest absolute Gasteiger partial charge is 0.339 e. The molecule has 0 saturated heterocycles. The standard InChI is InChI=1S/C16H25ClN2O2/c1-11(2)7-9-19(10-8-12(3)4)15-13(16(20)21)5-6-14(17)18-15/h5-6,11-12H,7-10H2,1-4H3,(H,20,21). The number of aromatic nitrogens is 1. The van der Waals surface area contributed by atoms with Gasteiger partial charge in [0, 0.05) is 13.1 Å². The fraction of sp³-hybridized carbons (Fsp3) is 0.625. The number of halogens is 1. The predicted molar refractivity (Wildman–Crippen MR) is 87.3 cm³/mol. The summed E-state index contributed by atoms with van der Waals surface area (Å²) >= 11 is 5.96. The summed E-state index contributed by atoms with van der Waals surface area (Å²) in [5, 5.41) is 9.68. The highest BCUT2D eigenvalue weighted by Crippen LogP contribution is 2.23. The third kappa shape index (κ3) is 5.92. The predicted octanol–water partition coefficient (Wildman–Crippen LogP) is 4.33. The number of anilines is 1. The SMILES string of the molecule is CC(C)CCN(CCC(C)C)c1nc(Cl)ccc1C(=O)O. The molecule has 0 saturated carbocycles. The first-order valence-corrected chi connectivity index (χ1v) is 7.83. The number of aromatic carboxylic acids is 1. The van der Waals surface area contributed by atoms with Crippen molar-refractivity contribution in [2.24, 2.45) is 11.8 Å². The third-order valence-corrected chi connectivity index (χ3v) is 3.53. The van der Waals surface area contributed by atoms with Crippen molar-refractivity contribution >= 4 is 23.4 Å². The van der Waals surface area contributed by atoms with Gasteiger partial charge in [0.2, 0.25) is 0 Å². The van der Waals surface area contributed by atoms with Gasteiger partial charge in [-0.25, -0.2) is 9.78 Å². The van der Waals surface area contributed by atoms with E-state index in [1.807, 2.05) is 0 Å². The molecule has 1 N–H and O–H groups in total. The average molecular weight is 313 g/mol. The van der Waals surface area contributed by atoms with Gasteiger partial charge >= 0.3 is 5.97 Å². The lowest BCUT2D eigenvalue weighted by atomic mass is 10.1. The first-order valence-electron chi connectivity index (χ1n) is 7.46. The molecule has 0 bridgehead atoms. The molecule has 21 heavy (non-hydrogen) atoms. The zero-order valence-electron chi connectivity index (χ0n) is 13.3. The van der Waals surface area contributed by atoms with Crippen molar-refractivity contribution in [3.8, 4) is 0 Å². The van der Waals surface area contributed by atoms with Crippen LogP contribution in [-0.2, 0) is 0 Å². The van der Waals surface area contributed by atoms with Crippen LogP contribution in [0.5, 0.6) is 0 Å². The summed E-state index contributed by atoms with van der Waals surface area (Å²) in [6.45, 7) is 10.2. The van der Waals surface area contributed by atoms with Crippen LogP contribution in [0.25, 0.3) is 0 Å². The Hall–Kier alpha value is -1.29. The molecule has 1 aromatic heterocycles. The van der Waals surface area contributed by atoms with Crippen molar-refractivity contribution in [2.45, 2.75) is 40.5 Å². The van der Waals surface area contributed by atoms with E-state index in [9.17, 15) is 9.90 Å². The maximum atomic E-state index is 11.4. The minimum absolute atomic E-state index is 0.215. The van der Waals surface area contributed by atoms with E-state index in [0.29, 0.717) is 22.8 Å². The fourth-order valence-corrected chi connectivity index (χ4v) is 2.13. The van der Waals surface area contributed by atoms with E-state index in [1.165, 1.54) is 12.1 Å². The number of carboxylic acid groups (broad SMARTS) is 1. The van der Waals surface area contributed by atoms with Crippen LogP contribution in [-0.4, -0.2) is 29.1 Å². The van der Waals surface area contributed by atoms with Crippen LogP contribution in [0.4, 0.5) is 5.82 Å². The topological polar surface area (TPSA) is 53.4 Å². The zero-order valence-corrected chi connectivity index (χ0v) is 14.0. The summed E-state index contributed by atoms with van der Waals surface area (Å²) in [7, 11) is 0. The Balaban J connectivity index is 3.04. The molecule has 0 fully saturated rings. The first-order chi connectivity index (χ1) is 9.81. The molecule has 0 aromatic carbocycles. The minimum atomic E-state index is -0.965. The van der Waals surface area contributed by atoms with E-state index in [-0.39, 0.29) is 5.56 Å². The lowest BCUT2D eigenvalue weighted by Gasteiger charge is -2.26.